The Kier molecular flexibility index (Phi) is 3.92. The summed E-state index contributed by atoms with van der Waals surface area (Å²) in [5.41, 5.74) is 4.60. The molecule has 0 saturated carbocycles. The second-order valence-corrected chi connectivity index (χ2v) is 6.49. The van der Waals surface area contributed by atoms with E-state index in [1.54, 1.807) is 0 Å². The number of aryl methyl sites for hydroxylation is 3. The number of carbonyl (C=O) groups excluding carboxylic acids is 1. The monoisotopic (exact) mass is 344 g/mol. The van der Waals surface area contributed by atoms with Crippen LogP contribution in [0.3, 0.4) is 0 Å². The summed E-state index contributed by atoms with van der Waals surface area (Å²) < 4.78 is 1.83. The van der Waals surface area contributed by atoms with Crippen molar-refractivity contribution in [2.75, 3.05) is 5.32 Å². The molecule has 130 valence electrons. The maximum atomic E-state index is 12.6. The minimum absolute atomic E-state index is 0.169. The van der Waals surface area contributed by atoms with E-state index in [0.29, 0.717) is 17.9 Å². The lowest BCUT2D eigenvalue weighted by Gasteiger charge is -2.04. The predicted octanol–water partition coefficient (Wildman–Crippen LogP) is 4.47. The van der Waals surface area contributed by atoms with Crippen molar-refractivity contribution < 1.29 is 4.79 Å². The van der Waals surface area contributed by atoms with Crippen molar-refractivity contribution in [3.05, 3.63) is 65.2 Å². The van der Waals surface area contributed by atoms with Crippen molar-refractivity contribution in [3.63, 3.8) is 0 Å². The van der Waals surface area contributed by atoms with Gasteiger partial charge in [0.1, 0.15) is 0 Å². The summed E-state index contributed by atoms with van der Waals surface area (Å²) >= 11 is 0. The van der Waals surface area contributed by atoms with Crippen LogP contribution in [-0.2, 0) is 6.54 Å². The molecule has 0 saturated heterocycles. The number of nitrogens with one attached hydrogen (secondary N) is 1. The molecule has 0 bridgehead atoms. The van der Waals surface area contributed by atoms with E-state index in [4.69, 9.17) is 4.98 Å². The van der Waals surface area contributed by atoms with Crippen LogP contribution < -0.4 is 5.32 Å². The Balaban J connectivity index is 1.82. The van der Waals surface area contributed by atoms with Gasteiger partial charge in [-0.15, -0.1) is 0 Å². The number of nitrogens with zero attached hydrogens (tertiary/aromatic N) is 3. The Labute approximate surface area is 151 Å². The van der Waals surface area contributed by atoms with Gasteiger partial charge in [0.05, 0.1) is 10.9 Å². The molecule has 1 N–H and O–H groups in total. The number of aromatic nitrogens is 3. The number of hydrogen-bond acceptors (Lipinski definition) is 3. The molecule has 2 heterocycles. The van der Waals surface area contributed by atoms with E-state index in [-0.39, 0.29) is 5.91 Å². The fourth-order valence-corrected chi connectivity index (χ4v) is 3.13. The van der Waals surface area contributed by atoms with E-state index in [2.05, 4.69) is 16.5 Å². The molecule has 0 spiro atoms. The fourth-order valence-electron chi connectivity index (χ4n) is 3.13. The summed E-state index contributed by atoms with van der Waals surface area (Å²) in [4.78, 5) is 17.4. The molecule has 0 aliphatic heterocycles. The van der Waals surface area contributed by atoms with Crippen LogP contribution in [0.4, 0.5) is 5.82 Å². The Morgan fingerprint density at radius 1 is 1.12 bits per heavy atom. The van der Waals surface area contributed by atoms with Crippen LogP contribution in [-0.4, -0.2) is 20.7 Å². The maximum absolute atomic E-state index is 12.6. The molecule has 4 aromatic rings. The molecule has 5 nitrogen and oxygen atoms in total. The lowest BCUT2D eigenvalue weighted by molar-refractivity contribution is 0.102. The summed E-state index contributed by atoms with van der Waals surface area (Å²) in [6.45, 7) is 6.74. The third kappa shape index (κ3) is 2.71. The average molecular weight is 344 g/mol. The number of pyridine rings is 1. The Morgan fingerprint density at radius 3 is 2.62 bits per heavy atom. The van der Waals surface area contributed by atoms with Gasteiger partial charge in [-0.25, -0.2) is 9.67 Å². The lowest BCUT2D eigenvalue weighted by atomic mass is 10.1. The SMILES string of the molecule is CCn1nc(NC(=O)c2ccc(C)cc2)c2cc3cccc(C)c3nc21. The van der Waals surface area contributed by atoms with E-state index >= 15 is 0 Å². The topological polar surface area (TPSA) is 59.8 Å². The second kappa shape index (κ2) is 6.26. The normalized spacial score (nSPS) is 11.2. The van der Waals surface area contributed by atoms with Crippen LogP contribution in [0.5, 0.6) is 0 Å². The second-order valence-electron chi connectivity index (χ2n) is 6.49. The van der Waals surface area contributed by atoms with Gasteiger partial charge in [0.2, 0.25) is 0 Å². The molecule has 0 unspecified atom stereocenters. The number of rotatable bonds is 3. The van der Waals surface area contributed by atoms with Gasteiger partial charge < -0.3 is 5.32 Å². The molecule has 4 rings (SSSR count). The minimum Gasteiger partial charge on any atom is -0.305 e. The van der Waals surface area contributed by atoms with Crippen LogP contribution in [0.2, 0.25) is 0 Å². The van der Waals surface area contributed by atoms with Gasteiger partial charge in [0, 0.05) is 17.5 Å². The Hall–Kier alpha value is -3.21. The first-order valence-electron chi connectivity index (χ1n) is 8.71. The molecule has 2 aromatic heterocycles. The zero-order chi connectivity index (χ0) is 18.3. The molecule has 2 aromatic carbocycles. The molecule has 1 amide bonds. The van der Waals surface area contributed by atoms with E-state index in [1.807, 2.05) is 67.9 Å². The van der Waals surface area contributed by atoms with Gasteiger partial charge in [0.25, 0.3) is 5.91 Å². The largest absolute Gasteiger partial charge is 0.305 e. The van der Waals surface area contributed by atoms with Crippen molar-refractivity contribution in [2.24, 2.45) is 0 Å². The van der Waals surface area contributed by atoms with E-state index in [9.17, 15) is 4.79 Å². The van der Waals surface area contributed by atoms with Crippen molar-refractivity contribution in [1.29, 1.82) is 0 Å². The smallest absolute Gasteiger partial charge is 0.256 e. The van der Waals surface area contributed by atoms with E-state index in [1.165, 1.54) is 0 Å². The van der Waals surface area contributed by atoms with Gasteiger partial charge in [-0.05, 0) is 44.5 Å². The zero-order valence-corrected chi connectivity index (χ0v) is 15.1. The van der Waals surface area contributed by atoms with Gasteiger partial charge in [-0.1, -0.05) is 35.9 Å². The first-order chi connectivity index (χ1) is 12.6. The Bertz CT molecular complexity index is 1130. The number of amides is 1. The maximum Gasteiger partial charge on any atom is 0.256 e. The van der Waals surface area contributed by atoms with Crippen LogP contribution in [0, 0.1) is 13.8 Å². The highest BCUT2D eigenvalue weighted by Gasteiger charge is 2.16. The van der Waals surface area contributed by atoms with Crippen LogP contribution >= 0.6 is 0 Å². The van der Waals surface area contributed by atoms with Crippen LogP contribution in [0.15, 0.2) is 48.5 Å². The molecule has 0 fully saturated rings. The molecule has 0 atom stereocenters. The molecule has 5 heteroatoms. The van der Waals surface area contributed by atoms with E-state index < -0.39 is 0 Å². The molecule has 0 aliphatic carbocycles. The number of anilines is 1. The first-order valence-corrected chi connectivity index (χ1v) is 8.71. The van der Waals surface area contributed by atoms with Crippen LogP contribution in [0.25, 0.3) is 21.9 Å². The molecular weight excluding hydrogens is 324 g/mol. The van der Waals surface area contributed by atoms with Gasteiger partial charge in [0.15, 0.2) is 11.5 Å². The quantitative estimate of drug-likeness (QED) is 0.596. The predicted molar refractivity (Wildman–Crippen MR) is 105 cm³/mol. The van der Waals surface area contributed by atoms with Crippen molar-refractivity contribution in [3.8, 4) is 0 Å². The number of hydrogen-bond donors (Lipinski definition) is 1. The number of fused-ring (bicyclic) bond motifs is 2. The molecule has 26 heavy (non-hydrogen) atoms. The summed E-state index contributed by atoms with van der Waals surface area (Å²) in [7, 11) is 0. The standard InChI is InChI=1S/C21H20N4O/c1-4-25-20-17(12-16-7-5-6-14(3)18(16)22-20)19(24-25)23-21(26)15-10-8-13(2)9-11-15/h5-12H,4H2,1-3H3,(H,23,24,26). The summed E-state index contributed by atoms with van der Waals surface area (Å²) in [6, 6.07) is 15.6. The zero-order valence-electron chi connectivity index (χ0n) is 15.1. The highest BCUT2D eigenvalue weighted by molar-refractivity contribution is 6.09. The molecular formula is C21H20N4O. The summed E-state index contributed by atoms with van der Waals surface area (Å²) in [5.74, 6) is 0.375. The minimum atomic E-state index is -0.169. The van der Waals surface area contributed by atoms with Crippen LogP contribution in [0.1, 0.15) is 28.4 Å². The number of benzene rings is 2. The highest BCUT2D eigenvalue weighted by Crippen LogP contribution is 2.27. The average Bonchev–Trinajstić information content (AvgIpc) is 2.98. The van der Waals surface area contributed by atoms with Crippen molar-refractivity contribution >= 4 is 33.7 Å². The Morgan fingerprint density at radius 2 is 1.88 bits per heavy atom. The molecule has 0 aliphatic rings. The van der Waals surface area contributed by atoms with Gasteiger partial charge >= 0.3 is 0 Å². The third-order valence-electron chi connectivity index (χ3n) is 4.59. The first kappa shape index (κ1) is 16.3. The highest BCUT2D eigenvalue weighted by atomic mass is 16.1. The molecule has 0 radical (unpaired) electrons. The van der Waals surface area contributed by atoms with Gasteiger partial charge in [-0.3, -0.25) is 4.79 Å². The third-order valence-corrected chi connectivity index (χ3v) is 4.59. The summed E-state index contributed by atoms with van der Waals surface area (Å²) in [6.07, 6.45) is 0. The fraction of sp³-hybridized carbons (Fsp3) is 0.190. The number of para-hydroxylation sites is 1. The lowest BCUT2D eigenvalue weighted by Crippen LogP contribution is -2.12. The number of carbonyl (C=O) groups is 1. The van der Waals surface area contributed by atoms with Gasteiger partial charge in [-0.2, -0.15) is 5.10 Å². The van der Waals surface area contributed by atoms with E-state index in [0.717, 1.165) is 33.1 Å². The summed E-state index contributed by atoms with van der Waals surface area (Å²) in [5, 5.41) is 9.40. The van der Waals surface area contributed by atoms with Crippen molar-refractivity contribution in [2.45, 2.75) is 27.3 Å². The van der Waals surface area contributed by atoms with Crippen molar-refractivity contribution in [1.82, 2.24) is 14.8 Å².